The van der Waals surface area contributed by atoms with Crippen molar-refractivity contribution in [2.24, 2.45) is 10.9 Å². The van der Waals surface area contributed by atoms with Crippen LogP contribution in [0.5, 0.6) is 0 Å². The van der Waals surface area contributed by atoms with Crippen molar-refractivity contribution in [1.29, 1.82) is 0 Å². The Morgan fingerprint density at radius 3 is 2.50 bits per heavy atom. The largest absolute Gasteiger partial charge is 0.247 e. The zero-order chi connectivity index (χ0) is 10.2. The van der Waals surface area contributed by atoms with E-state index in [0.29, 0.717) is 13.0 Å². The molecule has 80 valence electrons. The molecule has 2 nitrogen and oxygen atoms in total. The fraction of sp³-hybridized carbons (Fsp3) is 0.909. The van der Waals surface area contributed by atoms with Crippen molar-refractivity contribution in [1.82, 2.24) is 0 Å². The number of alkyl halides is 1. The Bertz CT molecular complexity index is 193. The molecule has 0 amide bonds. The van der Waals surface area contributed by atoms with Crippen LogP contribution in [0.25, 0.3) is 0 Å². The maximum atomic E-state index is 13.6. The second-order valence-corrected chi connectivity index (χ2v) is 4.03. The Morgan fingerprint density at radius 1 is 1.29 bits per heavy atom. The summed E-state index contributed by atoms with van der Waals surface area (Å²) in [6.45, 7) is 0.293. The molecular formula is C11H18FNO. The van der Waals surface area contributed by atoms with Gasteiger partial charge in [-0.15, -0.1) is 0 Å². The van der Waals surface area contributed by atoms with Gasteiger partial charge in [-0.2, -0.15) is 0 Å². The molecule has 0 heterocycles. The van der Waals surface area contributed by atoms with E-state index in [9.17, 15) is 9.18 Å². The van der Waals surface area contributed by atoms with Crippen LogP contribution in [0.4, 0.5) is 4.39 Å². The lowest BCUT2D eigenvalue weighted by atomic mass is 9.93. The van der Waals surface area contributed by atoms with Gasteiger partial charge in [-0.25, -0.2) is 14.2 Å². The monoisotopic (exact) mass is 199 g/mol. The van der Waals surface area contributed by atoms with E-state index in [1.54, 1.807) is 0 Å². The maximum absolute atomic E-state index is 13.6. The average molecular weight is 199 g/mol. The van der Waals surface area contributed by atoms with Gasteiger partial charge in [-0.1, -0.05) is 25.7 Å². The van der Waals surface area contributed by atoms with Gasteiger partial charge < -0.3 is 0 Å². The molecule has 0 bridgehead atoms. The van der Waals surface area contributed by atoms with Gasteiger partial charge in [0.1, 0.15) is 6.17 Å². The molecule has 14 heavy (non-hydrogen) atoms. The Morgan fingerprint density at radius 2 is 1.93 bits per heavy atom. The number of nitrogens with zero attached hydrogens (tertiary/aromatic N) is 1. The third-order valence-corrected chi connectivity index (χ3v) is 2.99. The third-order valence-electron chi connectivity index (χ3n) is 2.99. The molecule has 1 unspecified atom stereocenters. The predicted octanol–water partition coefficient (Wildman–Crippen LogP) is 3.02. The lowest BCUT2D eigenvalue weighted by Crippen LogP contribution is -2.16. The van der Waals surface area contributed by atoms with Crippen molar-refractivity contribution < 1.29 is 9.18 Å². The van der Waals surface area contributed by atoms with Crippen LogP contribution >= 0.6 is 0 Å². The van der Waals surface area contributed by atoms with E-state index in [2.05, 4.69) is 4.99 Å². The zero-order valence-corrected chi connectivity index (χ0v) is 8.54. The predicted molar refractivity (Wildman–Crippen MR) is 53.7 cm³/mol. The van der Waals surface area contributed by atoms with Gasteiger partial charge in [-0.3, -0.25) is 0 Å². The number of rotatable bonds is 4. The topological polar surface area (TPSA) is 29.4 Å². The van der Waals surface area contributed by atoms with Crippen LogP contribution in [0, 0.1) is 5.92 Å². The number of hydrogen-bond donors (Lipinski definition) is 0. The number of isocyanates is 1. The summed E-state index contributed by atoms with van der Waals surface area (Å²) in [4.78, 5) is 13.2. The van der Waals surface area contributed by atoms with Crippen molar-refractivity contribution in [2.45, 2.75) is 51.1 Å². The molecular weight excluding hydrogens is 181 g/mol. The minimum Gasteiger partial charge on any atom is -0.247 e. The highest BCUT2D eigenvalue weighted by molar-refractivity contribution is 5.32. The first-order chi connectivity index (χ1) is 6.84. The minimum absolute atomic E-state index is 0.208. The Labute approximate surface area is 84.6 Å². The molecule has 1 aliphatic carbocycles. The molecule has 1 fully saturated rings. The van der Waals surface area contributed by atoms with Crippen LogP contribution in [-0.4, -0.2) is 18.8 Å². The number of hydrogen-bond acceptors (Lipinski definition) is 2. The standard InChI is InChI=1S/C11H18FNO/c12-11(7-8-13-9-14)10-5-3-1-2-4-6-10/h10-11H,1-8H2. The van der Waals surface area contributed by atoms with Crippen LogP contribution < -0.4 is 0 Å². The number of halogens is 1. The van der Waals surface area contributed by atoms with E-state index >= 15 is 0 Å². The zero-order valence-electron chi connectivity index (χ0n) is 8.54. The molecule has 1 aliphatic rings. The van der Waals surface area contributed by atoms with Crippen LogP contribution in [0.15, 0.2) is 4.99 Å². The van der Waals surface area contributed by atoms with E-state index in [1.165, 1.54) is 18.9 Å². The van der Waals surface area contributed by atoms with Gasteiger partial charge >= 0.3 is 0 Å². The molecule has 0 aromatic carbocycles. The van der Waals surface area contributed by atoms with Crippen molar-refractivity contribution >= 4 is 6.08 Å². The number of aliphatic imine (C=N–C) groups is 1. The van der Waals surface area contributed by atoms with E-state index in [-0.39, 0.29) is 5.92 Å². The third kappa shape index (κ3) is 4.01. The lowest BCUT2D eigenvalue weighted by Gasteiger charge is -2.17. The second kappa shape index (κ2) is 6.72. The van der Waals surface area contributed by atoms with Gasteiger partial charge in [0.15, 0.2) is 0 Å². The normalized spacial score (nSPS) is 20.9. The molecule has 0 aromatic heterocycles. The van der Waals surface area contributed by atoms with Crippen molar-refractivity contribution in [2.75, 3.05) is 6.54 Å². The van der Waals surface area contributed by atoms with E-state index in [4.69, 9.17) is 0 Å². The molecule has 0 radical (unpaired) electrons. The smallest absolute Gasteiger partial charge is 0.234 e. The first kappa shape index (κ1) is 11.4. The molecule has 1 rings (SSSR count). The summed E-state index contributed by atoms with van der Waals surface area (Å²) in [6.07, 6.45) is 7.88. The van der Waals surface area contributed by atoms with Crippen LogP contribution in [-0.2, 0) is 4.79 Å². The molecule has 0 aliphatic heterocycles. The van der Waals surface area contributed by atoms with E-state index in [1.807, 2.05) is 0 Å². The lowest BCUT2D eigenvalue weighted by molar-refractivity contribution is 0.199. The fourth-order valence-corrected chi connectivity index (χ4v) is 2.14. The Kier molecular flexibility index (Phi) is 5.46. The highest BCUT2D eigenvalue weighted by atomic mass is 19.1. The molecule has 1 atom stereocenters. The summed E-state index contributed by atoms with van der Waals surface area (Å²) in [6, 6.07) is 0. The van der Waals surface area contributed by atoms with Gasteiger partial charge in [0.2, 0.25) is 6.08 Å². The summed E-state index contributed by atoms with van der Waals surface area (Å²) in [5, 5.41) is 0. The molecule has 0 aromatic rings. The van der Waals surface area contributed by atoms with E-state index < -0.39 is 6.17 Å². The summed E-state index contributed by atoms with van der Waals surface area (Å²) in [7, 11) is 0. The molecule has 0 saturated heterocycles. The number of carbonyl (C=O) groups excluding carboxylic acids is 1. The van der Waals surface area contributed by atoms with Crippen molar-refractivity contribution in [3.63, 3.8) is 0 Å². The maximum Gasteiger partial charge on any atom is 0.234 e. The summed E-state index contributed by atoms with van der Waals surface area (Å²) >= 11 is 0. The Balaban J connectivity index is 2.26. The minimum atomic E-state index is -0.773. The quantitative estimate of drug-likeness (QED) is 0.389. The SMILES string of the molecule is O=C=NCCC(F)C1CCCCCC1. The van der Waals surface area contributed by atoms with Gasteiger partial charge in [0.25, 0.3) is 0 Å². The van der Waals surface area contributed by atoms with Crippen molar-refractivity contribution in [3.05, 3.63) is 0 Å². The molecule has 0 spiro atoms. The highest BCUT2D eigenvalue weighted by Crippen LogP contribution is 2.28. The van der Waals surface area contributed by atoms with Gasteiger partial charge in [0.05, 0.1) is 6.54 Å². The van der Waals surface area contributed by atoms with Gasteiger partial charge in [-0.05, 0) is 25.2 Å². The van der Waals surface area contributed by atoms with Crippen LogP contribution in [0.1, 0.15) is 44.9 Å². The molecule has 0 N–H and O–H groups in total. The van der Waals surface area contributed by atoms with Crippen molar-refractivity contribution in [3.8, 4) is 0 Å². The van der Waals surface area contributed by atoms with E-state index in [0.717, 1.165) is 25.7 Å². The summed E-state index contributed by atoms with van der Waals surface area (Å²) in [5.74, 6) is 0.208. The summed E-state index contributed by atoms with van der Waals surface area (Å²) in [5.41, 5.74) is 0. The van der Waals surface area contributed by atoms with Crippen LogP contribution in [0.2, 0.25) is 0 Å². The summed E-state index contributed by atoms with van der Waals surface area (Å²) < 4.78 is 13.6. The molecule has 3 heteroatoms. The molecule has 1 saturated carbocycles. The Hall–Kier alpha value is -0.690. The first-order valence-corrected chi connectivity index (χ1v) is 5.52. The second-order valence-electron chi connectivity index (χ2n) is 4.03. The van der Waals surface area contributed by atoms with Crippen LogP contribution in [0.3, 0.4) is 0 Å². The fourth-order valence-electron chi connectivity index (χ4n) is 2.14. The van der Waals surface area contributed by atoms with Gasteiger partial charge in [0, 0.05) is 0 Å². The first-order valence-electron chi connectivity index (χ1n) is 5.52. The average Bonchev–Trinajstić information content (AvgIpc) is 2.46. The highest BCUT2D eigenvalue weighted by Gasteiger charge is 2.21.